The molecule has 7 heteroatoms. The molecule has 0 rings (SSSR count). The topological polar surface area (TPSA) is 96.2 Å². The molecule has 0 aliphatic carbocycles. The second kappa shape index (κ2) is 15.1. The molecule has 0 aliphatic heterocycles. The van der Waals surface area contributed by atoms with E-state index >= 15 is 0 Å². The molecule has 0 amide bonds. The van der Waals surface area contributed by atoms with Gasteiger partial charge < -0.3 is 15.3 Å². The maximum absolute atomic E-state index is 11.6. The molecule has 0 radical (unpaired) electrons. The van der Waals surface area contributed by atoms with Crippen LogP contribution in [0.4, 0.5) is 0 Å². The molecule has 0 aliphatic rings. The predicted molar refractivity (Wildman–Crippen MR) is 81.1 cm³/mol. The van der Waals surface area contributed by atoms with Crippen LogP contribution in [-0.4, -0.2) is 52.8 Å². The smallest absolute Gasteiger partial charge is 0.862 e. The molecule has 0 saturated heterocycles. The van der Waals surface area contributed by atoms with Gasteiger partial charge in [-0.1, -0.05) is 19.1 Å². The minimum atomic E-state index is -0.958. The first kappa shape index (κ1) is 23.5. The number of carbonyl (C=O) groups is 1. The Morgan fingerprint density at radius 3 is 2.59 bits per heavy atom. The molecular weight excluding hydrogens is 279 g/mol. The van der Waals surface area contributed by atoms with Crippen molar-refractivity contribution in [1.29, 1.82) is 0 Å². The Labute approximate surface area is 145 Å². The van der Waals surface area contributed by atoms with E-state index in [0.717, 1.165) is 19.3 Å². The van der Waals surface area contributed by atoms with Crippen molar-refractivity contribution >= 4 is 11.9 Å². The Balaban J connectivity index is 0. The number of carboxylic acid groups (broad SMARTS) is 1. The van der Waals surface area contributed by atoms with Crippen LogP contribution in [0.25, 0.3) is 0 Å². The summed E-state index contributed by atoms with van der Waals surface area (Å²) in [5, 5.41) is 29.5. The Hall–Kier alpha value is -0.803. The van der Waals surface area contributed by atoms with Crippen molar-refractivity contribution < 1.29 is 39.0 Å². The molecule has 0 heterocycles. The molecule has 0 spiro atoms. The first-order valence-corrected chi connectivity index (χ1v) is 7.46. The predicted octanol–water partition coefficient (Wildman–Crippen LogP) is -2.00. The largest absolute Gasteiger partial charge is 1.00 e. The summed E-state index contributed by atoms with van der Waals surface area (Å²) in [6, 6.07) is -0.722. The zero-order valence-corrected chi connectivity index (χ0v) is 14.0. The maximum Gasteiger partial charge on any atom is 1.00 e. The molecule has 6 nitrogen and oxygen atoms in total. The van der Waals surface area contributed by atoms with E-state index in [1.54, 1.807) is 11.8 Å². The summed E-state index contributed by atoms with van der Waals surface area (Å²) in [5.41, 5.74) is 0. The fourth-order valence-electron chi connectivity index (χ4n) is 1.72. The SMILES string of the molecule is CC/C=C/CCCC([O-])=NCN(CCCO)C(C)C(=O)O.[Li+]. The van der Waals surface area contributed by atoms with E-state index in [-0.39, 0.29) is 38.0 Å². The molecule has 0 fully saturated rings. The minimum Gasteiger partial charge on any atom is -0.862 e. The molecule has 0 aromatic rings. The van der Waals surface area contributed by atoms with Gasteiger partial charge in [-0.3, -0.25) is 14.7 Å². The van der Waals surface area contributed by atoms with E-state index in [4.69, 9.17) is 10.2 Å². The summed E-state index contributed by atoms with van der Waals surface area (Å²) in [4.78, 5) is 16.5. The van der Waals surface area contributed by atoms with Gasteiger partial charge in [-0.05, 0) is 44.9 Å². The minimum absolute atomic E-state index is 0. The van der Waals surface area contributed by atoms with Crippen molar-refractivity contribution in [3.63, 3.8) is 0 Å². The van der Waals surface area contributed by atoms with Gasteiger partial charge in [0.2, 0.25) is 0 Å². The van der Waals surface area contributed by atoms with E-state index in [0.29, 0.717) is 19.4 Å². The van der Waals surface area contributed by atoms with Crippen molar-refractivity contribution in [2.24, 2.45) is 4.99 Å². The summed E-state index contributed by atoms with van der Waals surface area (Å²) in [6.45, 7) is 4.06. The van der Waals surface area contributed by atoms with E-state index in [1.807, 2.05) is 6.08 Å². The fourth-order valence-corrected chi connectivity index (χ4v) is 1.72. The van der Waals surface area contributed by atoms with Gasteiger partial charge in [-0.15, -0.1) is 0 Å². The third kappa shape index (κ3) is 11.8. The zero-order valence-electron chi connectivity index (χ0n) is 14.0. The van der Waals surface area contributed by atoms with Crippen LogP contribution in [0.3, 0.4) is 0 Å². The van der Waals surface area contributed by atoms with Crippen molar-refractivity contribution in [1.82, 2.24) is 4.90 Å². The number of nitrogens with zero attached hydrogens (tertiary/aromatic N) is 2. The van der Waals surface area contributed by atoms with Crippen molar-refractivity contribution in [3.05, 3.63) is 12.2 Å². The average Bonchev–Trinajstić information content (AvgIpc) is 2.46. The number of aliphatic imine (C=N–C) groups is 1. The van der Waals surface area contributed by atoms with E-state index in [2.05, 4.69) is 18.0 Å². The summed E-state index contributed by atoms with van der Waals surface area (Å²) in [6.07, 6.45) is 7.55. The van der Waals surface area contributed by atoms with Gasteiger partial charge >= 0.3 is 24.8 Å². The number of aliphatic hydroxyl groups is 1. The van der Waals surface area contributed by atoms with Crippen LogP contribution in [0.5, 0.6) is 0 Å². The second-order valence-electron chi connectivity index (χ2n) is 4.87. The monoisotopic (exact) mass is 306 g/mol. The van der Waals surface area contributed by atoms with E-state index in [1.165, 1.54) is 0 Å². The Morgan fingerprint density at radius 1 is 1.36 bits per heavy atom. The molecule has 0 saturated carbocycles. The van der Waals surface area contributed by atoms with Crippen LogP contribution in [0.1, 0.15) is 46.0 Å². The number of allylic oxidation sites excluding steroid dienone is 2. The molecular formula is C15H27LiN2O4. The zero-order chi connectivity index (χ0) is 16.1. The van der Waals surface area contributed by atoms with Gasteiger partial charge in [-0.2, -0.15) is 0 Å². The normalized spacial score (nSPS) is 13.4. The summed E-state index contributed by atoms with van der Waals surface area (Å²) in [7, 11) is 0. The van der Waals surface area contributed by atoms with Crippen molar-refractivity contribution in [2.75, 3.05) is 19.8 Å². The summed E-state index contributed by atoms with van der Waals surface area (Å²) in [5.74, 6) is -1.16. The Morgan fingerprint density at radius 2 is 2.05 bits per heavy atom. The van der Waals surface area contributed by atoms with Gasteiger partial charge in [0.05, 0.1) is 6.67 Å². The van der Waals surface area contributed by atoms with Crippen LogP contribution in [0.2, 0.25) is 0 Å². The molecule has 22 heavy (non-hydrogen) atoms. The van der Waals surface area contributed by atoms with Crippen LogP contribution in [-0.2, 0) is 4.79 Å². The van der Waals surface area contributed by atoms with Gasteiger partial charge in [-0.25, -0.2) is 0 Å². The Kier molecular flexibility index (Phi) is 16.1. The molecule has 0 bridgehead atoms. The van der Waals surface area contributed by atoms with Crippen LogP contribution < -0.4 is 24.0 Å². The van der Waals surface area contributed by atoms with Crippen molar-refractivity contribution in [2.45, 2.75) is 52.0 Å². The second-order valence-corrected chi connectivity index (χ2v) is 4.87. The Bertz CT molecular complexity index is 348. The molecule has 0 aromatic carbocycles. The molecule has 1 unspecified atom stereocenters. The van der Waals surface area contributed by atoms with Crippen molar-refractivity contribution in [3.8, 4) is 0 Å². The number of rotatable bonds is 12. The van der Waals surface area contributed by atoms with Gasteiger partial charge in [0.1, 0.15) is 6.04 Å². The summed E-state index contributed by atoms with van der Waals surface area (Å²) >= 11 is 0. The fraction of sp³-hybridized carbons (Fsp3) is 0.733. The van der Waals surface area contributed by atoms with E-state index in [9.17, 15) is 9.90 Å². The third-order valence-electron chi connectivity index (χ3n) is 3.10. The first-order valence-electron chi connectivity index (χ1n) is 7.46. The van der Waals surface area contributed by atoms with Crippen LogP contribution in [0, 0.1) is 0 Å². The third-order valence-corrected chi connectivity index (χ3v) is 3.10. The first-order chi connectivity index (χ1) is 10.0. The number of aliphatic carboxylic acids is 1. The number of aliphatic hydroxyl groups excluding tert-OH is 1. The molecule has 2 N–H and O–H groups in total. The van der Waals surface area contributed by atoms with Crippen LogP contribution in [0.15, 0.2) is 17.1 Å². The molecule has 1 atom stereocenters. The number of hydrogen-bond acceptors (Lipinski definition) is 5. The number of carboxylic acids is 1. The molecule has 122 valence electrons. The van der Waals surface area contributed by atoms with Crippen LogP contribution >= 0.6 is 0 Å². The van der Waals surface area contributed by atoms with E-state index < -0.39 is 12.0 Å². The number of unbranched alkanes of at least 4 members (excludes halogenated alkanes) is 1. The molecule has 0 aromatic heterocycles. The maximum atomic E-state index is 11.6. The van der Waals surface area contributed by atoms with Gasteiger partial charge in [0, 0.05) is 13.2 Å². The van der Waals surface area contributed by atoms with Gasteiger partial charge in [0.25, 0.3) is 0 Å². The number of hydrogen-bond donors (Lipinski definition) is 2. The average molecular weight is 306 g/mol. The summed E-state index contributed by atoms with van der Waals surface area (Å²) < 4.78 is 0. The quantitative estimate of drug-likeness (QED) is 0.143. The van der Waals surface area contributed by atoms with Gasteiger partial charge in [0.15, 0.2) is 0 Å². The standard InChI is InChI=1S/C15H28N2O4.Li/c1-3-4-5-6-7-9-14(19)16-12-17(10-8-11-18)13(2)15(20)21;/h4-5,13,18H,3,6-12H2,1-2H3,(H,16,19)(H,20,21);/q;+1/p-1/b5-4+;.